The molecule has 3 heteroatoms. The number of nitrogens with zero attached hydrogens (tertiary/aromatic N) is 2. The van der Waals surface area contributed by atoms with E-state index >= 15 is 0 Å². The Morgan fingerprint density at radius 2 is 2.21 bits per heavy atom. The molecule has 1 atom stereocenters. The van der Waals surface area contributed by atoms with Gasteiger partial charge in [0.25, 0.3) is 0 Å². The van der Waals surface area contributed by atoms with E-state index in [2.05, 4.69) is 42.0 Å². The third kappa shape index (κ3) is 4.29. The van der Waals surface area contributed by atoms with Crippen LogP contribution in [0.3, 0.4) is 0 Å². The number of hydrogen-bond donors (Lipinski definition) is 1. The summed E-state index contributed by atoms with van der Waals surface area (Å²) < 4.78 is 0. The van der Waals surface area contributed by atoms with Crippen molar-refractivity contribution in [3.8, 4) is 0 Å². The Morgan fingerprint density at radius 1 is 1.37 bits per heavy atom. The Bertz CT molecular complexity index is 389. The summed E-state index contributed by atoms with van der Waals surface area (Å²) in [4.78, 5) is 7.05. The maximum atomic E-state index is 4.46. The largest absolute Gasteiger partial charge is 0.308 e. The van der Waals surface area contributed by atoms with Crippen molar-refractivity contribution in [1.82, 2.24) is 15.2 Å². The van der Waals surface area contributed by atoms with E-state index in [9.17, 15) is 0 Å². The number of aromatic nitrogens is 1. The fourth-order valence-electron chi connectivity index (χ4n) is 2.78. The zero-order valence-electron chi connectivity index (χ0n) is 12.5. The number of rotatable bonds is 4. The highest BCUT2D eigenvalue weighted by molar-refractivity contribution is 5.17. The van der Waals surface area contributed by atoms with E-state index < -0.39 is 0 Å². The Hall–Kier alpha value is -0.930. The quantitative estimate of drug-likeness (QED) is 0.903. The predicted molar refractivity (Wildman–Crippen MR) is 80.2 cm³/mol. The van der Waals surface area contributed by atoms with Crippen molar-refractivity contribution in [2.45, 2.75) is 58.7 Å². The molecule has 1 N–H and O–H groups in total. The molecular weight excluding hydrogens is 234 g/mol. The molecule has 3 nitrogen and oxygen atoms in total. The van der Waals surface area contributed by atoms with E-state index in [0.29, 0.717) is 12.1 Å². The highest BCUT2D eigenvalue weighted by Crippen LogP contribution is 2.14. The van der Waals surface area contributed by atoms with Crippen LogP contribution in [0.1, 0.15) is 44.4 Å². The number of pyridine rings is 1. The van der Waals surface area contributed by atoms with Gasteiger partial charge in [0, 0.05) is 24.8 Å². The average Bonchev–Trinajstić information content (AvgIpc) is 2.63. The van der Waals surface area contributed by atoms with Crippen LogP contribution in [0.2, 0.25) is 0 Å². The van der Waals surface area contributed by atoms with Gasteiger partial charge in [-0.1, -0.05) is 6.07 Å². The second-order valence-electron chi connectivity index (χ2n) is 5.91. The van der Waals surface area contributed by atoms with Crippen molar-refractivity contribution < 1.29 is 0 Å². The molecule has 1 saturated heterocycles. The van der Waals surface area contributed by atoms with Crippen molar-refractivity contribution in [3.05, 3.63) is 29.6 Å². The van der Waals surface area contributed by atoms with E-state index in [1.165, 1.54) is 43.6 Å². The van der Waals surface area contributed by atoms with E-state index in [1.807, 2.05) is 12.3 Å². The van der Waals surface area contributed by atoms with Crippen LogP contribution in [0.4, 0.5) is 0 Å². The number of hydrogen-bond acceptors (Lipinski definition) is 3. The first-order valence-corrected chi connectivity index (χ1v) is 7.54. The summed E-state index contributed by atoms with van der Waals surface area (Å²) in [5.74, 6) is 0. The van der Waals surface area contributed by atoms with Gasteiger partial charge in [-0.15, -0.1) is 0 Å². The Kier molecular flexibility index (Phi) is 5.34. The lowest BCUT2D eigenvalue weighted by molar-refractivity contribution is 0.229. The summed E-state index contributed by atoms with van der Waals surface area (Å²) in [5, 5.41) is 3.69. The van der Waals surface area contributed by atoms with Crippen LogP contribution >= 0.6 is 0 Å². The molecule has 1 unspecified atom stereocenters. The molecule has 0 amide bonds. The van der Waals surface area contributed by atoms with E-state index in [1.54, 1.807) is 0 Å². The van der Waals surface area contributed by atoms with Crippen molar-refractivity contribution in [2.24, 2.45) is 0 Å². The van der Waals surface area contributed by atoms with Gasteiger partial charge >= 0.3 is 0 Å². The number of nitrogens with one attached hydrogen (secondary N) is 1. The van der Waals surface area contributed by atoms with Crippen molar-refractivity contribution in [1.29, 1.82) is 0 Å². The van der Waals surface area contributed by atoms with Crippen molar-refractivity contribution >= 4 is 0 Å². The molecule has 0 aliphatic carbocycles. The molecule has 0 spiro atoms. The first-order valence-electron chi connectivity index (χ1n) is 7.54. The molecule has 19 heavy (non-hydrogen) atoms. The molecule has 2 rings (SSSR count). The molecule has 1 aliphatic heterocycles. The maximum Gasteiger partial charge on any atom is 0.0570 e. The first-order chi connectivity index (χ1) is 9.16. The zero-order valence-corrected chi connectivity index (χ0v) is 12.5. The summed E-state index contributed by atoms with van der Waals surface area (Å²) >= 11 is 0. The maximum absolute atomic E-state index is 4.46. The van der Waals surface area contributed by atoms with E-state index in [0.717, 1.165) is 6.54 Å². The van der Waals surface area contributed by atoms with Gasteiger partial charge in [0.15, 0.2) is 0 Å². The lowest BCUT2D eigenvalue weighted by atomic mass is 10.1. The Morgan fingerprint density at radius 3 is 2.95 bits per heavy atom. The van der Waals surface area contributed by atoms with Crippen LogP contribution in [0.25, 0.3) is 0 Å². The number of aryl methyl sites for hydroxylation is 1. The fraction of sp³-hybridized carbons (Fsp3) is 0.688. The van der Waals surface area contributed by atoms with Gasteiger partial charge in [-0.3, -0.25) is 4.98 Å². The van der Waals surface area contributed by atoms with Gasteiger partial charge in [-0.05, 0) is 64.8 Å². The summed E-state index contributed by atoms with van der Waals surface area (Å²) in [5.41, 5.74) is 2.47. The zero-order chi connectivity index (χ0) is 13.7. The first kappa shape index (κ1) is 14.5. The predicted octanol–water partition coefficient (Wildman–Crippen LogP) is 2.74. The van der Waals surface area contributed by atoms with Gasteiger partial charge in [0.2, 0.25) is 0 Å². The average molecular weight is 261 g/mol. The highest BCUT2D eigenvalue weighted by atomic mass is 15.1. The summed E-state index contributed by atoms with van der Waals surface area (Å²) in [6.07, 6.45) is 5.73. The topological polar surface area (TPSA) is 28.2 Å². The second-order valence-corrected chi connectivity index (χ2v) is 5.91. The molecular formula is C16H27N3. The minimum Gasteiger partial charge on any atom is -0.308 e. The molecule has 0 bridgehead atoms. The third-order valence-corrected chi connectivity index (χ3v) is 4.17. The molecule has 0 radical (unpaired) electrons. The van der Waals surface area contributed by atoms with Crippen LogP contribution in [0, 0.1) is 6.92 Å². The molecule has 1 aliphatic rings. The minimum atomic E-state index is 0.644. The van der Waals surface area contributed by atoms with Crippen LogP contribution in [-0.2, 0) is 6.54 Å². The normalized spacial score (nSPS) is 21.6. The van der Waals surface area contributed by atoms with Crippen molar-refractivity contribution in [3.63, 3.8) is 0 Å². The summed E-state index contributed by atoms with van der Waals surface area (Å²) in [7, 11) is 0. The molecule has 1 fully saturated rings. The Labute approximate surface area is 117 Å². The lowest BCUT2D eigenvalue weighted by Crippen LogP contribution is -2.34. The second kappa shape index (κ2) is 7.01. The third-order valence-electron chi connectivity index (χ3n) is 4.17. The molecule has 1 aromatic rings. The SMILES string of the molecule is Cc1cccnc1CNC1CCCN(C(C)C)CC1. The molecule has 1 aromatic heterocycles. The summed E-state index contributed by atoms with van der Waals surface area (Å²) in [6.45, 7) is 10.1. The monoisotopic (exact) mass is 261 g/mol. The van der Waals surface area contributed by atoms with Gasteiger partial charge < -0.3 is 10.2 Å². The molecule has 0 saturated carbocycles. The van der Waals surface area contributed by atoms with Gasteiger partial charge in [-0.25, -0.2) is 0 Å². The molecule has 0 aromatic carbocycles. The highest BCUT2D eigenvalue weighted by Gasteiger charge is 2.18. The minimum absolute atomic E-state index is 0.644. The van der Waals surface area contributed by atoms with Gasteiger partial charge in [0.1, 0.15) is 0 Å². The van der Waals surface area contributed by atoms with Gasteiger partial charge in [-0.2, -0.15) is 0 Å². The van der Waals surface area contributed by atoms with E-state index in [4.69, 9.17) is 0 Å². The smallest absolute Gasteiger partial charge is 0.0570 e. The van der Waals surface area contributed by atoms with Crippen LogP contribution in [0.15, 0.2) is 18.3 Å². The standard InChI is InChI=1S/C16H27N3/c1-13(2)19-10-5-7-15(8-11-19)18-12-16-14(3)6-4-9-17-16/h4,6,9,13,15,18H,5,7-8,10-12H2,1-3H3. The molecule has 106 valence electrons. The number of likely N-dealkylation sites (tertiary alicyclic amines) is 1. The van der Waals surface area contributed by atoms with Crippen molar-refractivity contribution in [2.75, 3.05) is 13.1 Å². The molecule has 2 heterocycles. The van der Waals surface area contributed by atoms with Crippen LogP contribution < -0.4 is 5.32 Å². The van der Waals surface area contributed by atoms with Crippen LogP contribution in [0.5, 0.6) is 0 Å². The summed E-state index contributed by atoms with van der Waals surface area (Å²) in [6, 6.07) is 5.46. The fourth-order valence-corrected chi connectivity index (χ4v) is 2.78. The van der Waals surface area contributed by atoms with Gasteiger partial charge in [0.05, 0.1) is 5.69 Å². The van der Waals surface area contributed by atoms with Crippen LogP contribution in [-0.4, -0.2) is 35.1 Å². The van der Waals surface area contributed by atoms with E-state index in [-0.39, 0.29) is 0 Å². The Balaban J connectivity index is 1.82. The lowest BCUT2D eigenvalue weighted by Gasteiger charge is -2.24.